The highest BCUT2D eigenvalue weighted by Crippen LogP contribution is 2.29. The van der Waals surface area contributed by atoms with Gasteiger partial charge in [0.1, 0.15) is 5.75 Å². The summed E-state index contributed by atoms with van der Waals surface area (Å²) in [5.74, 6) is 0.954. The standard InChI is InChI=1S/C14H19N3O2S/c1-15-14(16-2)20-12-8-9-17(13(12)18)10-4-6-11(19-3)7-5-10/h4-7,12H,8-9H2,1-3H3,(H,15,16)/p+1. The number of anilines is 1. The second-order valence-corrected chi connectivity index (χ2v) is 5.63. The first-order chi connectivity index (χ1) is 9.69. The van der Waals surface area contributed by atoms with Crippen molar-refractivity contribution < 1.29 is 14.5 Å². The Morgan fingerprint density at radius 1 is 1.45 bits per heavy atom. The molecule has 1 aliphatic rings. The number of hydrogen-bond acceptors (Lipinski definition) is 3. The van der Waals surface area contributed by atoms with Gasteiger partial charge in [0, 0.05) is 12.2 Å². The van der Waals surface area contributed by atoms with Crippen LogP contribution in [-0.2, 0) is 4.79 Å². The predicted octanol–water partition coefficient (Wildman–Crippen LogP) is -0.180. The highest BCUT2D eigenvalue weighted by molar-refractivity contribution is 8.14. The van der Waals surface area contributed by atoms with E-state index in [0.717, 1.165) is 29.6 Å². The van der Waals surface area contributed by atoms with Gasteiger partial charge in [0.2, 0.25) is 5.91 Å². The van der Waals surface area contributed by atoms with Crippen LogP contribution in [0.2, 0.25) is 0 Å². The molecule has 0 bridgehead atoms. The highest BCUT2D eigenvalue weighted by Gasteiger charge is 2.35. The Labute approximate surface area is 123 Å². The fourth-order valence-corrected chi connectivity index (χ4v) is 3.14. The first-order valence-corrected chi connectivity index (χ1v) is 7.42. The third-order valence-electron chi connectivity index (χ3n) is 3.25. The molecule has 0 radical (unpaired) electrons. The fourth-order valence-electron chi connectivity index (χ4n) is 2.17. The van der Waals surface area contributed by atoms with Crippen LogP contribution in [0, 0.1) is 0 Å². The summed E-state index contributed by atoms with van der Waals surface area (Å²) in [6.45, 7) is 0.754. The number of amidine groups is 1. The molecule has 6 heteroatoms. The van der Waals surface area contributed by atoms with Gasteiger partial charge in [0.25, 0.3) is 0 Å². The number of nitrogens with one attached hydrogen (secondary N) is 2. The minimum Gasteiger partial charge on any atom is -0.497 e. The van der Waals surface area contributed by atoms with E-state index in [-0.39, 0.29) is 11.2 Å². The molecule has 1 amide bonds. The number of benzene rings is 1. The van der Waals surface area contributed by atoms with Crippen LogP contribution in [-0.4, -0.2) is 44.1 Å². The number of amides is 1. The van der Waals surface area contributed by atoms with Crippen LogP contribution in [0.3, 0.4) is 0 Å². The Bertz CT molecular complexity index is 502. The summed E-state index contributed by atoms with van der Waals surface area (Å²) in [4.78, 5) is 17.3. The molecule has 20 heavy (non-hydrogen) atoms. The third kappa shape index (κ3) is 3.07. The average molecular weight is 294 g/mol. The molecule has 1 atom stereocenters. The van der Waals surface area contributed by atoms with Crippen LogP contribution in [0.15, 0.2) is 24.3 Å². The van der Waals surface area contributed by atoms with Crippen LogP contribution < -0.4 is 19.9 Å². The van der Waals surface area contributed by atoms with Crippen LogP contribution in [0.1, 0.15) is 6.42 Å². The summed E-state index contributed by atoms with van der Waals surface area (Å²) in [5, 5.41) is 3.93. The summed E-state index contributed by atoms with van der Waals surface area (Å²) < 4.78 is 5.13. The number of nitrogens with zero attached hydrogens (tertiary/aromatic N) is 1. The van der Waals surface area contributed by atoms with E-state index in [1.165, 1.54) is 0 Å². The van der Waals surface area contributed by atoms with Crippen molar-refractivity contribution in [2.75, 3.05) is 32.6 Å². The van der Waals surface area contributed by atoms with E-state index in [0.29, 0.717) is 0 Å². The second-order valence-electron chi connectivity index (χ2n) is 4.41. The van der Waals surface area contributed by atoms with Gasteiger partial charge in [-0.25, -0.2) is 0 Å². The number of thioether (sulfide) groups is 1. The van der Waals surface area contributed by atoms with Crippen LogP contribution in [0.25, 0.3) is 0 Å². The van der Waals surface area contributed by atoms with E-state index in [1.807, 2.05) is 43.3 Å². The van der Waals surface area contributed by atoms with Crippen molar-refractivity contribution in [3.05, 3.63) is 24.3 Å². The normalized spacial score (nSPS) is 19.4. The minimum absolute atomic E-state index is 0.0352. The zero-order valence-electron chi connectivity index (χ0n) is 12.0. The fraction of sp³-hybridized carbons (Fsp3) is 0.429. The zero-order chi connectivity index (χ0) is 14.5. The van der Waals surface area contributed by atoms with Gasteiger partial charge in [-0.15, -0.1) is 0 Å². The molecule has 1 aromatic carbocycles. The van der Waals surface area contributed by atoms with Crippen molar-refractivity contribution in [1.82, 2.24) is 5.32 Å². The summed E-state index contributed by atoms with van der Waals surface area (Å²) >= 11 is 1.55. The second kappa shape index (κ2) is 6.65. The highest BCUT2D eigenvalue weighted by atomic mass is 32.2. The molecule has 1 aliphatic heterocycles. The molecule has 1 unspecified atom stereocenters. The minimum atomic E-state index is -0.0352. The Kier molecular flexibility index (Phi) is 4.89. The SMILES string of the molecule is CNC(=[NH+]C)SC1CCN(c2ccc(OC)cc2)C1=O. The van der Waals surface area contributed by atoms with Crippen molar-refractivity contribution in [1.29, 1.82) is 0 Å². The average Bonchev–Trinajstić information content (AvgIpc) is 2.86. The van der Waals surface area contributed by atoms with Crippen molar-refractivity contribution >= 4 is 28.5 Å². The van der Waals surface area contributed by atoms with Crippen LogP contribution >= 0.6 is 11.8 Å². The van der Waals surface area contributed by atoms with E-state index < -0.39 is 0 Å². The van der Waals surface area contributed by atoms with Gasteiger partial charge in [-0.1, -0.05) is 0 Å². The first kappa shape index (κ1) is 14.7. The van der Waals surface area contributed by atoms with Gasteiger partial charge in [-0.05, 0) is 42.4 Å². The molecule has 0 aliphatic carbocycles. The molecule has 0 saturated carbocycles. The van der Waals surface area contributed by atoms with Crippen LogP contribution in [0.5, 0.6) is 5.75 Å². The van der Waals surface area contributed by atoms with Gasteiger partial charge in [-0.3, -0.25) is 15.1 Å². The molecular formula is C14H20N3O2S+. The molecule has 108 valence electrons. The van der Waals surface area contributed by atoms with E-state index in [1.54, 1.807) is 18.9 Å². The number of methoxy groups -OCH3 is 1. The van der Waals surface area contributed by atoms with Crippen LogP contribution in [0.4, 0.5) is 5.69 Å². The Morgan fingerprint density at radius 3 is 2.70 bits per heavy atom. The van der Waals surface area contributed by atoms with E-state index in [2.05, 4.69) is 10.3 Å². The molecule has 2 N–H and O–H groups in total. The maximum absolute atomic E-state index is 12.4. The lowest BCUT2D eigenvalue weighted by Gasteiger charge is -2.16. The third-order valence-corrected chi connectivity index (χ3v) is 4.62. The summed E-state index contributed by atoms with van der Waals surface area (Å²) in [6.07, 6.45) is 0.850. The Balaban J connectivity index is 2.06. The zero-order valence-corrected chi connectivity index (χ0v) is 12.8. The Morgan fingerprint density at radius 2 is 2.15 bits per heavy atom. The number of carbonyl (C=O) groups is 1. The maximum Gasteiger partial charge on any atom is 0.304 e. The Hall–Kier alpha value is -1.69. The molecule has 2 rings (SSSR count). The van der Waals surface area contributed by atoms with Crippen molar-refractivity contribution in [3.8, 4) is 5.75 Å². The molecule has 5 nitrogen and oxygen atoms in total. The first-order valence-electron chi connectivity index (χ1n) is 6.54. The summed E-state index contributed by atoms with van der Waals surface area (Å²) in [7, 11) is 5.33. The van der Waals surface area contributed by atoms with E-state index in [4.69, 9.17) is 4.74 Å². The van der Waals surface area contributed by atoms with E-state index >= 15 is 0 Å². The van der Waals surface area contributed by atoms with Crippen molar-refractivity contribution in [3.63, 3.8) is 0 Å². The van der Waals surface area contributed by atoms with Crippen molar-refractivity contribution in [2.24, 2.45) is 0 Å². The van der Waals surface area contributed by atoms with Gasteiger partial charge in [0.15, 0.2) is 0 Å². The monoisotopic (exact) mass is 294 g/mol. The summed E-state index contributed by atoms with van der Waals surface area (Å²) in [6, 6.07) is 7.60. The smallest absolute Gasteiger partial charge is 0.304 e. The van der Waals surface area contributed by atoms with Crippen molar-refractivity contribution in [2.45, 2.75) is 11.7 Å². The number of rotatable bonds is 3. The van der Waals surface area contributed by atoms with Gasteiger partial charge in [-0.2, -0.15) is 0 Å². The molecule has 1 aromatic rings. The van der Waals surface area contributed by atoms with Gasteiger partial charge in [0.05, 0.1) is 26.5 Å². The topological polar surface area (TPSA) is 55.5 Å². The lowest BCUT2D eigenvalue weighted by Crippen LogP contribution is -2.70. The molecular weight excluding hydrogens is 274 g/mol. The van der Waals surface area contributed by atoms with E-state index in [9.17, 15) is 4.79 Å². The molecule has 1 heterocycles. The van der Waals surface area contributed by atoms with Gasteiger partial charge < -0.3 is 9.64 Å². The number of hydrogen-bond donors (Lipinski definition) is 2. The predicted molar refractivity (Wildman–Crippen MR) is 82.3 cm³/mol. The van der Waals surface area contributed by atoms with Gasteiger partial charge >= 0.3 is 5.17 Å². The molecule has 0 aromatic heterocycles. The number of carbonyl (C=O) groups excluding carboxylic acids is 1. The summed E-state index contributed by atoms with van der Waals surface area (Å²) in [5.41, 5.74) is 0.925. The molecule has 1 saturated heterocycles. The lowest BCUT2D eigenvalue weighted by molar-refractivity contribution is -0.418. The molecule has 0 spiro atoms. The quantitative estimate of drug-likeness (QED) is 0.600. The lowest BCUT2D eigenvalue weighted by atomic mass is 10.3. The largest absolute Gasteiger partial charge is 0.497 e. The molecule has 1 fully saturated rings. The maximum atomic E-state index is 12.4. The number of ether oxygens (including phenoxy) is 1.